The first-order valence-corrected chi connectivity index (χ1v) is 11.4. The molecule has 8 nitrogen and oxygen atoms in total. The van der Waals surface area contributed by atoms with Crippen molar-refractivity contribution in [3.8, 4) is 0 Å². The minimum absolute atomic E-state index is 0.00519. The molecule has 2 amide bonds. The Morgan fingerprint density at radius 2 is 1.79 bits per heavy atom. The molecule has 2 N–H and O–H groups in total. The highest BCUT2D eigenvalue weighted by Gasteiger charge is 2.29. The second-order valence-electron chi connectivity index (χ2n) is 7.88. The lowest BCUT2D eigenvalue weighted by Gasteiger charge is -2.28. The molecule has 0 atom stereocenters. The van der Waals surface area contributed by atoms with Gasteiger partial charge in [0.15, 0.2) is 11.5 Å². The number of carbonyl (C=O) groups is 2. The van der Waals surface area contributed by atoms with E-state index in [0.29, 0.717) is 11.6 Å². The summed E-state index contributed by atoms with van der Waals surface area (Å²) < 4.78 is 21.2. The first-order chi connectivity index (χ1) is 16.5. The zero-order chi connectivity index (χ0) is 24.1. The fraction of sp³-hybridized carbons (Fsp3) is 0.292. The van der Waals surface area contributed by atoms with Gasteiger partial charge in [-0.05, 0) is 43.5 Å². The number of anilines is 3. The Morgan fingerprint density at radius 1 is 1.06 bits per heavy atom. The lowest BCUT2D eigenvalue weighted by molar-refractivity contribution is 0.0590. The largest absolute Gasteiger partial charge is 0.464 e. The zero-order valence-corrected chi connectivity index (χ0v) is 19.4. The highest BCUT2D eigenvalue weighted by Crippen LogP contribution is 2.30. The highest BCUT2D eigenvalue weighted by molar-refractivity contribution is 6.31. The van der Waals surface area contributed by atoms with E-state index in [-0.39, 0.29) is 28.6 Å². The van der Waals surface area contributed by atoms with Crippen LogP contribution in [0.25, 0.3) is 0 Å². The van der Waals surface area contributed by atoms with Crippen LogP contribution in [-0.2, 0) is 11.3 Å². The molecule has 1 aromatic heterocycles. The number of amides is 2. The molecule has 1 fully saturated rings. The molecule has 0 bridgehead atoms. The van der Waals surface area contributed by atoms with Gasteiger partial charge in [-0.2, -0.15) is 4.98 Å². The third kappa shape index (κ3) is 5.14. The van der Waals surface area contributed by atoms with E-state index in [1.165, 1.54) is 19.2 Å². The number of benzene rings is 2. The van der Waals surface area contributed by atoms with Gasteiger partial charge in [0, 0.05) is 29.4 Å². The van der Waals surface area contributed by atoms with Crippen molar-refractivity contribution in [1.29, 1.82) is 0 Å². The minimum atomic E-state index is -0.710. The fourth-order valence-corrected chi connectivity index (χ4v) is 4.17. The summed E-state index contributed by atoms with van der Waals surface area (Å²) in [4.78, 5) is 32.2. The third-order valence-corrected chi connectivity index (χ3v) is 5.96. The number of carbonyl (C=O) groups excluding carboxylic acids is 2. The number of ether oxygens (including phenoxy) is 1. The fourth-order valence-electron chi connectivity index (χ4n) is 3.95. The van der Waals surface area contributed by atoms with E-state index in [4.69, 9.17) is 16.3 Å². The maximum absolute atomic E-state index is 14.7. The highest BCUT2D eigenvalue weighted by atomic mass is 35.5. The molecule has 4 rings (SSSR count). The maximum atomic E-state index is 14.7. The molecular weight excluding hydrogens is 461 g/mol. The topological polar surface area (TPSA) is 88.5 Å². The Bertz CT molecular complexity index is 1160. The van der Waals surface area contributed by atoms with Crippen molar-refractivity contribution < 1.29 is 18.7 Å². The molecule has 2 heterocycles. The average molecular weight is 486 g/mol. The van der Waals surface area contributed by atoms with Gasteiger partial charge < -0.3 is 15.0 Å². The zero-order valence-electron chi connectivity index (χ0n) is 18.7. The summed E-state index contributed by atoms with van der Waals surface area (Å²) in [5, 5.41) is 5.58. The van der Waals surface area contributed by atoms with E-state index >= 15 is 0 Å². The number of aromatic nitrogens is 2. The van der Waals surface area contributed by atoms with Crippen molar-refractivity contribution in [2.75, 3.05) is 35.7 Å². The summed E-state index contributed by atoms with van der Waals surface area (Å²) in [6.45, 7) is 1.38. The third-order valence-electron chi connectivity index (χ3n) is 5.61. The molecule has 178 valence electrons. The Labute approximate surface area is 201 Å². The molecular formula is C24H25ClFN5O3. The van der Waals surface area contributed by atoms with Crippen LogP contribution in [0.15, 0.2) is 48.5 Å². The van der Waals surface area contributed by atoms with Gasteiger partial charge in [-0.3, -0.25) is 9.88 Å². The number of piperidine rings is 1. The quantitative estimate of drug-likeness (QED) is 0.472. The number of methoxy groups -OCH3 is 1. The van der Waals surface area contributed by atoms with Gasteiger partial charge in [0.1, 0.15) is 5.82 Å². The minimum Gasteiger partial charge on any atom is -0.464 e. The molecule has 1 saturated heterocycles. The number of rotatable bonds is 6. The Kier molecular flexibility index (Phi) is 7.32. The van der Waals surface area contributed by atoms with Crippen molar-refractivity contribution in [2.24, 2.45) is 0 Å². The summed E-state index contributed by atoms with van der Waals surface area (Å²) in [6, 6.07) is 12.7. The average Bonchev–Trinajstić information content (AvgIpc) is 3.19. The van der Waals surface area contributed by atoms with Crippen LogP contribution in [0.1, 0.15) is 35.3 Å². The van der Waals surface area contributed by atoms with Crippen LogP contribution in [0.4, 0.5) is 26.6 Å². The SMILES string of the molecule is COC(=O)c1c(NC(=O)Nc2ccccc2)nc(N2CCCCC2)n1Cc1c(F)cccc1Cl. The normalized spacial score (nSPS) is 13.4. The number of hydrogen-bond acceptors (Lipinski definition) is 5. The second-order valence-corrected chi connectivity index (χ2v) is 8.29. The first-order valence-electron chi connectivity index (χ1n) is 11.0. The number of urea groups is 1. The van der Waals surface area contributed by atoms with Crippen molar-refractivity contribution in [3.05, 3.63) is 70.6 Å². The maximum Gasteiger partial charge on any atom is 0.358 e. The van der Waals surface area contributed by atoms with Crippen molar-refractivity contribution in [1.82, 2.24) is 9.55 Å². The smallest absolute Gasteiger partial charge is 0.358 e. The van der Waals surface area contributed by atoms with Crippen molar-refractivity contribution >= 4 is 41.1 Å². The molecule has 34 heavy (non-hydrogen) atoms. The Hall–Kier alpha value is -3.59. The number of para-hydroxylation sites is 1. The van der Waals surface area contributed by atoms with Crippen LogP contribution >= 0.6 is 11.6 Å². The predicted molar refractivity (Wildman–Crippen MR) is 129 cm³/mol. The van der Waals surface area contributed by atoms with E-state index in [1.807, 2.05) is 11.0 Å². The van der Waals surface area contributed by atoms with E-state index in [2.05, 4.69) is 15.6 Å². The molecule has 10 heteroatoms. The van der Waals surface area contributed by atoms with Gasteiger partial charge in [-0.25, -0.2) is 14.0 Å². The van der Waals surface area contributed by atoms with Crippen LogP contribution in [0, 0.1) is 5.82 Å². The molecule has 0 spiro atoms. The van der Waals surface area contributed by atoms with E-state index in [9.17, 15) is 14.0 Å². The predicted octanol–water partition coefficient (Wildman–Crippen LogP) is 5.14. The molecule has 1 aliphatic heterocycles. The van der Waals surface area contributed by atoms with E-state index in [0.717, 1.165) is 32.4 Å². The number of imidazole rings is 1. The Balaban J connectivity index is 1.76. The van der Waals surface area contributed by atoms with Crippen molar-refractivity contribution in [3.63, 3.8) is 0 Å². The van der Waals surface area contributed by atoms with Crippen molar-refractivity contribution in [2.45, 2.75) is 25.8 Å². The number of nitrogens with one attached hydrogen (secondary N) is 2. The lowest BCUT2D eigenvalue weighted by Crippen LogP contribution is -2.32. The van der Waals surface area contributed by atoms with Gasteiger partial charge in [0.25, 0.3) is 0 Å². The second kappa shape index (κ2) is 10.6. The van der Waals surface area contributed by atoms with Gasteiger partial charge in [0.05, 0.1) is 13.7 Å². The van der Waals surface area contributed by atoms with E-state index in [1.54, 1.807) is 34.9 Å². The lowest BCUT2D eigenvalue weighted by atomic mass is 10.1. The van der Waals surface area contributed by atoms with Gasteiger partial charge >= 0.3 is 12.0 Å². The molecule has 0 saturated carbocycles. The number of nitrogens with zero attached hydrogens (tertiary/aromatic N) is 3. The van der Waals surface area contributed by atoms with Gasteiger partial charge in [-0.15, -0.1) is 0 Å². The van der Waals surface area contributed by atoms with Gasteiger partial charge in [-0.1, -0.05) is 35.9 Å². The van der Waals surface area contributed by atoms with Crippen LogP contribution in [0.3, 0.4) is 0 Å². The van der Waals surface area contributed by atoms with E-state index < -0.39 is 17.8 Å². The number of halogens is 2. The summed E-state index contributed by atoms with van der Waals surface area (Å²) in [5.74, 6) is -0.751. The number of hydrogen-bond donors (Lipinski definition) is 2. The van der Waals surface area contributed by atoms with Gasteiger partial charge in [0.2, 0.25) is 5.95 Å². The van der Waals surface area contributed by atoms with Crippen LogP contribution in [0.2, 0.25) is 5.02 Å². The summed E-state index contributed by atoms with van der Waals surface area (Å²) >= 11 is 6.28. The standard InChI is InChI=1S/C24H25ClFN5O3/c1-34-22(32)20-21(28-23(33)27-16-9-4-2-5-10-16)29-24(30-13-6-3-7-14-30)31(20)15-17-18(25)11-8-12-19(17)26/h2,4-5,8-12H,3,6-7,13-15H2,1H3,(H2,27,28,33). The van der Waals surface area contributed by atoms with Crippen LogP contribution in [0.5, 0.6) is 0 Å². The summed E-state index contributed by atoms with van der Waals surface area (Å²) in [6.07, 6.45) is 3.00. The number of esters is 1. The monoisotopic (exact) mass is 485 g/mol. The molecule has 0 aliphatic carbocycles. The summed E-state index contributed by atoms with van der Waals surface area (Å²) in [5.41, 5.74) is 0.796. The summed E-state index contributed by atoms with van der Waals surface area (Å²) in [7, 11) is 1.24. The molecule has 2 aromatic carbocycles. The Morgan fingerprint density at radius 3 is 2.47 bits per heavy atom. The van der Waals surface area contributed by atoms with Crippen LogP contribution in [-0.4, -0.2) is 41.8 Å². The van der Waals surface area contributed by atoms with Crippen LogP contribution < -0.4 is 15.5 Å². The molecule has 1 aliphatic rings. The molecule has 3 aromatic rings. The molecule has 0 unspecified atom stereocenters. The first kappa shape index (κ1) is 23.6. The molecule has 0 radical (unpaired) electrons.